The molecule has 0 spiro atoms. The summed E-state index contributed by atoms with van der Waals surface area (Å²) in [5, 5.41) is 19.4. The van der Waals surface area contributed by atoms with Crippen molar-refractivity contribution >= 4 is 86.5 Å². The average molecular weight is 539 g/mol. The van der Waals surface area contributed by atoms with Crippen LogP contribution in [-0.4, -0.2) is 60.2 Å². The van der Waals surface area contributed by atoms with Crippen LogP contribution in [0.5, 0.6) is 0 Å². The molecule has 4 heterocycles. The van der Waals surface area contributed by atoms with Gasteiger partial charge in [0, 0.05) is 22.4 Å². The van der Waals surface area contributed by atoms with E-state index < -0.39 is 29.2 Å². The van der Waals surface area contributed by atoms with Crippen molar-refractivity contribution in [3.8, 4) is 0 Å². The maximum Gasteiger partial charge on any atom is 1.00 e. The Bertz CT molecular complexity index is 1110. The normalized spacial score (nSPS) is 20.3. The molecule has 2 aliphatic heterocycles. The summed E-state index contributed by atoms with van der Waals surface area (Å²) in [5.74, 6) is -1.82. The second-order valence-corrected chi connectivity index (χ2v) is 10.5. The van der Waals surface area contributed by atoms with Gasteiger partial charge in [0.1, 0.15) is 15.6 Å². The Morgan fingerprint density at radius 3 is 2.84 bits per heavy atom. The van der Waals surface area contributed by atoms with Crippen LogP contribution in [0.3, 0.4) is 0 Å². The Morgan fingerprint density at radius 1 is 1.47 bits per heavy atom. The summed E-state index contributed by atoms with van der Waals surface area (Å²) in [7, 11) is 0. The number of carboxylic acids is 1. The smallest absolute Gasteiger partial charge is 0.543 e. The van der Waals surface area contributed by atoms with Crippen LogP contribution >= 0.6 is 58.0 Å². The molecule has 1 unspecified atom stereocenters. The summed E-state index contributed by atoms with van der Waals surface area (Å²) in [5.41, 5.74) is 7.44. The third-order valence-corrected chi connectivity index (χ3v) is 8.56. The number of anilines is 1. The van der Waals surface area contributed by atoms with Crippen molar-refractivity contribution in [2.75, 3.05) is 17.2 Å². The fourth-order valence-electron chi connectivity index (χ4n) is 3.01. The van der Waals surface area contributed by atoms with Crippen molar-refractivity contribution in [3.63, 3.8) is 0 Å². The predicted molar refractivity (Wildman–Crippen MR) is 118 cm³/mol. The number of nitrogens with zero attached hydrogens (tertiary/aromatic N) is 4. The van der Waals surface area contributed by atoms with Crippen LogP contribution < -0.4 is 45.7 Å². The first-order valence-corrected chi connectivity index (χ1v) is 12.6. The number of nitrogens with two attached hydrogens (primary N) is 1. The Hall–Kier alpha value is -1.13. The standard InChI is InChI=1S/C16H13ClN6O4S4.Na/c17-1-7(8-5-30-16(18)20-8)12(24)21-10-13(25)23-11(15(26)27)6(4-29-14(10)23)3-28-9-2-19-22-31-9;/h1-2,5,10,14H,3-4H2,(H2,18,20)(H,21,24)(H,26,27);/q;+1/p-1/t10?,14-;/m1./s1. The van der Waals surface area contributed by atoms with Gasteiger partial charge in [-0.2, -0.15) is 0 Å². The van der Waals surface area contributed by atoms with Crippen LogP contribution in [0.25, 0.3) is 5.57 Å². The number of aromatic nitrogens is 3. The van der Waals surface area contributed by atoms with Crippen LogP contribution in [0.1, 0.15) is 5.69 Å². The number of aliphatic carboxylic acids is 1. The van der Waals surface area contributed by atoms with Crippen LogP contribution in [0, 0.1) is 0 Å². The molecule has 2 aromatic heterocycles. The molecule has 0 bridgehead atoms. The number of nitrogens with one attached hydrogen (secondary N) is 1. The first-order chi connectivity index (χ1) is 14.9. The van der Waals surface area contributed by atoms with Gasteiger partial charge in [-0.1, -0.05) is 16.1 Å². The van der Waals surface area contributed by atoms with Gasteiger partial charge < -0.3 is 21.0 Å². The molecule has 16 heteroatoms. The zero-order valence-electron chi connectivity index (χ0n) is 16.3. The van der Waals surface area contributed by atoms with Gasteiger partial charge in [0.05, 0.1) is 29.1 Å². The Labute approximate surface area is 225 Å². The average Bonchev–Trinajstić information content (AvgIpc) is 3.42. The van der Waals surface area contributed by atoms with Crippen LogP contribution in [0.15, 0.2) is 32.6 Å². The molecule has 1 fully saturated rings. The van der Waals surface area contributed by atoms with E-state index in [1.165, 1.54) is 40.0 Å². The number of nitrogen functional groups attached to an aromatic ring is 1. The number of hydrogen-bond donors (Lipinski definition) is 2. The predicted octanol–water partition coefficient (Wildman–Crippen LogP) is -2.64. The zero-order valence-corrected chi connectivity index (χ0v) is 22.3. The minimum Gasteiger partial charge on any atom is -0.543 e. The van der Waals surface area contributed by atoms with Crippen molar-refractivity contribution in [2.45, 2.75) is 15.6 Å². The molecule has 0 aliphatic carbocycles. The van der Waals surface area contributed by atoms with Gasteiger partial charge >= 0.3 is 29.6 Å². The van der Waals surface area contributed by atoms with Gasteiger partial charge in [0.15, 0.2) is 5.13 Å². The van der Waals surface area contributed by atoms with Gasteiger partial charge in [-0.3, -0.25) is 14.5 Å². The molecule has 10 nitrogen and oxygen atoms in total. The second kappa shape index (κ2) is 10.9. The third kappa shape index (κ3) is 5.01. The number of thiazole rings is 1. The Kier molecular flexibility index (Phi) is 8.65. The molecule has 0 radical (unpaired) electrons. The largest absolute Gasteiger partial charge is 1.00 e. The first-order valence-electron chi connectivity index (χ1n) is 8.51. The minimum atomic E-state index is -1.43. The van der Waals surface area contributed by atoms with Crippen molar-refractivity contribution in [2.24, 2.45) is 0 Å². The number of rotatable bonds is 7. The molecule has 0 aromatic carbocycles. The minimum absolute atomic E-state index is 0. The van der Waals surface area contributed by atoms with E-state index in [-0.39, 0.29) is 46.0 Å². The summed E-state index contributed by atoms with van der Waals surface area (Å²) in [6, 6.07) is -0.894. The van der Waals surface area contributed by atoms with E-state index in [2.05, 4.69) is 19.9 Å². The molecule has 162 valence electrons. The monoisotopic (exact) mass is 538 g/mol. The summed E-state index contributed by atoms with van der Waals surface area (Å²) >= 11 is 10.9. The first kappa shape index (κ1) is 25.5. The molecule has 3 N–H and O–H groups in total. The van der Waals surface area contributed by atoms with E-state index in [0.29, 0.717) is 22.8 Å². The molecule has 2 aromatic rings. The molecule has 1 saturated heterocycles. The van der Waals surface area contributed by atoms with E-state index in [0.717, 1.165) is 21.1 Å². The molecule has 2 amide bonds. The van der Waals surface area contributed by atoms with E-state index in [1.54, 1.807) is 11.6 Å². The van der Waals surface area contributed by atoms with Crippen molar-refractivity contribution < 1.29 is 49.0 Å². The quantitative estimate of drug-likeness (QED) is 0.165. The number of β-lactam (4-membered cyclic amide) rings is 1. The van der Waals surface area contributed by atoms with Crippen LogP contribution in [0.2, 0.25) is 0 Å². The van der Waals surface area contributed by atoms with E-state index in [9.17, 15) is 19.5 Å². The molecule has 4 rings (SSSR count). The van der Waals surface area contributed by atoms with Gasteiger partial charge in [0.25, 0.3) is 11.8 Å². The maximum atomic E-state index is 12.7. The topological polar surface area (TPSA) is 154 Å². The van der Waals surface area contributed by atoms with E-state index >= 15 is 0 Å². The Balaban J connectivity index is 0.00000289. The molecular weight excluding hydrogens is 527 g/mol. The van der Waals surface area contributed by atoms with Crippen LogP contribution in [-0.2, 0) is 14.4 Å². The fourth-order valence-corrected chi connectivity index (χ4v) is 6.70. The summed E-state index contributed by atoms with van der Waals surface area (Å²) in [6.07, 6.45) is 1.59. The number of hydrogen-bond acceptors (Lipinski definition) is 12. The maximum absolute atomic E-state index is 12.7. The molecule has 32 heavy (non-hydrogen) atoms. The summed E-state index contributed by atoms with van der Waals surface area (Å²) in [4.78, 5) is 42.4. The van der Waals surface area contributed by atoms with Crippen molar-refractivity contribution in [3.05, 3.63) is 34.1 Å². The number of carbonyl (C=O) groups is 3. The van der Waals surface area contributed by atoms with Gasteiger partial charge in [-0.05, 0) is 17.1 Å². The van der Waals surface area contributed by atoms with Gasteiger partial charge in [-0.15, -0.1) is 40.0 Å². The number of carboxylic acid groups (broad SMARTS) is 1. The molecule has 2 aliphatic rings. The number of halogens is 1. The van der Waals surface area contributed by atoms with Crippen LogP contribution in [0.4, 0.5) is 5.13 Å². The van der Waals surface area contributed by atoms with Gasteiger partial charge in [0.2, 0.25) is 0 Å². The fraction of sp³-hybridized carbons (Fsp3) is 0.250. The molecular formula is C16H12ClN6NaO4S4. The van der Waals surface area contributed by atoms with E-state index in [4.69, 9.17) is 17.3 Å². The van der Waals surface area contributed by atoms with E-state index in [1.807, 2.05) is 0 Å². The molecule has 0 saturated carbocycles. The number of fused-ring (bicyclic) bond motifs is 1. The Morgan fingerprint density at radius 2 is 2.25 bits per heavy atom. The summed E-state index contributed by atoms with van der Waals surface area (Å²) in [6.45, 7) is 0. The van der Waals surface area contributed by atoms with Gasteiger partial charge in [-0.25, -0.2) is 4.98 Å². The number of carbonyl (C=O) groups excluding carboxylic acids is 3. The third-order valence-electron chi connectivity index (χ3n) is 4.41. The molecule has 2 atom stereocenters. The number of amides is 2. The van der Waals surface area contributed by atoms with Crippen molar-refractivity contribution in [1.82, 2.24) is 24.8 Å². The summed E-state index contributed by atoms with van der Waals surface area (Å²) < 4.78 is 4.60. The number of thioether (sulfide) groups is 2. The zero-order chi connectivity index (χ0) is 22.1. The van der Waals surface area contributed by atoms with Crippen molar-refractivity contribution in [1.29, 1.82) is 0 Å². The SMILES string of the molecule is Nc1nc(C(=CCl)C(=O)NC2C(=O)N3C(C(=O)[O-])=C(CSc4cnns4)CS[C@H]23)cs1.[Na+]. The second-order valence-electron chi connectivity index (χ2n) is 6.22.